The number of rotatable bonds is 5. The van der Waals surface area contributed by atoms with Gasteiger partial charge in [0.25, 0.3) is 0 Å². The monoisotopic (exact) mass is 328 g/mol. The van der Waals surface area contributed by atoms with E-state index >= 15 is 0 Å². The number of aromatic nitrogens is 1. The maximum atomic E-state index is 11.8. The highest BCUT2D eigenvalue weighted by Crippen LogP contribution is 2.26. The van der Waals surface area contributed by atoms with E-state index in [1.165, 1.54) is 0 Å². The minimum Gasteiger partial charge on any atom is -0.351 e. The van der Waals surface area contributed by atoms with Crippen molar-refractivity contribution in [2.75, 3.05) is 0 Å². The summed E-state index contributed by atoms with van der Waals surface area (Å²) in [5.41, 5.74) is 0.892. The van der Waals surface area contributed by atoms with E-state index < -0.39 is 0 Å². The zero-order valence-electron chi connectivity index (χ0n) is 11.0. The first-order valence-corrected chi connectivity index (χ1v) is 7.74. The van der Waals surface area contributed by atoms with Gasteiger partial charge in [-0.05, 0) is 25.0 Å². The largest absolute Gasteiger partial charge is 0.351 e. The highest BCUT2D eigenvalue weighted by molar-refractivity contribution is 7.11. The molecule has 0 atom stereocenters. The van der Waals surface area contributed by atoms with E-state index in [1.807, 2.05) is 19.1 Å². The van der Waals surface area contributed by atoms with Gasteiger partial charge in [0.15, 0.2) is 0 Å². The van der Waals surface area contributed by atoms with Crippen molar-refractivity contribution in [1.29, 1.82) is 0 Å². The first-order chi connectivity index (χ1) is 9.56. The fourth-order valence-electron chi connectivity index (χ4n) is 1.75. The Balaban J connectivity index is 1.82. The Morgan fingerprint density at radius 2 is 2.20 bits per heavy atom. The quantitative estimate of drug-likeness (QED) is 0.901. The molecule has 1 heterocycles. The molecule has 3 nitrogen and oxygen atoms in total. The van der Waals surface area contributed by atoms with Crippen LogP contribution < -0.4 is 5.32 Å². The average Bonchev–Trinajstić information content (AvgIpc) is 2.84. The number of hydrogen-bond donors (Lipinski definition) is 1. The first kappa shape index (κ1) is 15.3. The van der Waals surface area contributed by atoms with Crippen LogP contribution in [0, 0.1) is 6.92 Å². The third kappa shape index (κ3) is 4.20. The number of nitrogens with zero attached hydrogens (tertiary/aromatic N) is 1. The van der Waals surface area contributed by atoms with Crippen molar-refractivity contribution in [3.63, 3.8) is 0 Å². The predicted octanol–water partition coefficient (Wildman–Crippen LogP) is 4.01. The number of benzene rings is 1. The van der Waals surface area contributed by atoms with Gasteiger partial charge in [-0.1, -0.05) is 35.3 Å². The maximum absolute atomic E-state index is 11.8. The third-order valence-corrected chi connectivity index (χ3v) is 4.55. The van der Waals surface area contributed by atoms with Crippen LogP contribution in [0.4, 0.5) is 0 Å². The molecule has 0 bridgehead atoms. The number of carbonyl (C=O) groups is 1. The van der Waals surface area contributed by atoms with Crippen LogP contribution in [-0.4, -0.2) is 10.9 Å². The smallest absolute Gasteiger partial charge is 0.220 e. The fourth-order valence-corrected chi connectivity index (χ4v) is 2.90. The molecule has 1 aromatic carbocycles. The Morgan fingerprint density at radius 1 is 1.40 bits per heavy atom. The Morgan fingerprint density at radius 3 is 2.90 bits per heavy atom. The SMILES string of the molecule is Cc1ncc(CNC(=O)CCc2cccc(Cl)c2Cl)s1. The van der Waals surface area contributed by atoms with Gasteiger partial charge in [0.2, 0.25) is 5.91 Å². The maximum Gasteiger partial charge on any atom is 0.220 e. The van der Waals surface area contributed by atoms with Gasteiger partial charge in [-0.2, -0.15) is 0 Å². The van der Waals surface area contributed by atoms with Gasteiger partial charge in [-0.25, -0.2) is 4.98 Å². The summed E-state index contributed by atoms with van der Waals surface area (Å²) in [6.45, 7) is 2.46. The second-order valence-corrected chi connectivity index (χ2v) is 6.44. The lowest BCUT2D eigenvalue weighted by Gasteiger charge is -2.06. The average molecular weight is 329 g/mol. The molecule has 6 heteroatoms. The predicted molar refractivity (Wildman–Crippen MR) is 83.5 cm³/mol. The molecule has 106 valence electrons. The summed E-state index contributed by atoms with van der Waals surface area (Å²) in [6.07, 6.45) is 2.75. The van der Waals surface area contributed by atoms with Gasteiger partial charge in [-0.3, -0.25) is 4.79 Å². The molecular formula is C14H14Cl2N2OS. The molecule has 2 aromatic rings. The van der Waals surface area contributed by atoms with E-state index in [9.17, 15) is 4.79 Å². The van der Waals surface area contributed by atoms with Gasteiger partial charge in [0, 0.05) is 17.5 Å². The normalized spacial score (nSPS) is 10.6. The molecule has 0 unspecified atom stereocenters. The number of carbonyl (C=O) groups excluding carboxylic acids is 1. The van der Waals surface area contributed by atoms with Crippen LogP contribution in [0.5, 0.6) is 0 Å². The standard InChI is InChI=1S/C14H14Cl2N2OS/c1-9-17-7-11(20-9)8-18-13(19)6-5-10-3-2-4-12(15)14(10)16/h2-4,7H,5-6,8H2,1H3,(H,18,19). The summed E-state index contributed by atoms with van der Waals surface area (Å²) in [5, 5.41) is 4.92. The number of halogens is 2. The van der Waals surface area contributed by atoms with Crippen molar-refractivity contribution in [2.45, 2.75) is 26.3 Å². The molecule has 0 radical (unpaired) electrons. The lowest BCUT2D eigenvalue weighted by Crippen LogP contribution is -2.22. The van der Waals surface area contributed by atoms with Crippen molar-refractivity contribution in [2.24, 2.45) is 0 Å². The minimum absolute atomic E-state index is 0.00732. The molecule has 2 rings (SSSR count). The molecular weight excluding hydrogens is 315 g/mol. The summed E-state index contributed by atoms with van der Waals surface area (Å²) in [6, 6.07) is 5.45. The summed E-state index contributed by atoms with van der Waals surface area (Å²) < 4.78 is 0. The molecule has 1 aromatic heterocycles. The molecule has 0 aliphatic carbocycles. The van der Waals surface area contributed by atoms with Crippen LogP contribution in [0.15, 0.2) is 24.4 Å². The van der Waals surface area contributed by atoms with E-state index in [0.29, 0.717) is 29.4 Å². The van der Waals surface area contributed by atoms with E-state index in [4.69, 9.17) is 23.2 Å². The lowest BCUT2D eigenvalue weighted by molar-refractivity contribution is -0.121. The minimum atomic E-state index is -0.00732. The van der Waals surface area contributed by atoms with Gasteiger partial charge < -0.3 is 5.32 Å². The van der Waals surface area contributed by atoms with E-state index in [-0.39, 0.29) is 5.91 Å². The molecule has 0 fully saturated rings. The number of hydrogen-bond acceptors (Lipinski definition) is 3. The van der Waals surface area contributed by atoms with Crippen molar-refractivity contribution < 1.29 is 4.79 Å². The summed E-state index contributed by atoms with van der Waals surface area (Å²) in [7, 11) is 0. The van der Waals surface area contributed by atoms with E-state index in [1.54, 1.807) is 23.6 Å². The highest BCUT2D eigenvalue weighted by atomic mass is 35.5. The van der Waals surface area contributed by atoms with Crippen LogP contribution in [0.2, 0.25) is 10.0 Å². The number of aryl methyl sites for hydroxylation is 2. The summed E-state index contributed by atoms with van der Waals surface area (Å²) in [5.74, 6) is -0.00732. The second kappa shape index (κ2) is 7.07. The zero-order chi connectivity index (χ0) is 14.5. The Kier molecular flexibility index (Phi) is 5.40. The molecule has 0 aliphatic heterocycles. The van der Waals surface area contributed by atoms with Crippen molar-refractivity contribution in [3.8, 4) is 0 Å². The molecule has 0 saturated carbocycles. The van der Waals surface area contributed by atoms with Crippen LogP contribution in [0.25, 0.3) is 0 Å². The van der Waals surface area contributed by atoms with Crippen molar-refractivity contribution in [1.82, 2.24) is 10.3 Å². The first-order valence-electron chi connectivity index (χ1n) is 6.17. The number of nitrogens with one attached hydrogen (secondary N) is 1. The molecule has 1 N–H and O–H groups in total. The number of thiazole rings is 1. The molecule has 0 spiro atoms. The van der Waals surface area contributed by atoms with Crippen LogP contribution in [0.3, 0.4) is 0 Å². The van der Waals surface area contributed by atoms with E-state index in [2.05, 4.69) is 10.3 Å². The van der Waals surface area contributed by atoms with Gasteiger partial charge in [0.05, 0.1) is 21.6 Å². The van der Waals surface area contributed by atoms with Gasteiger partial charge in [0.1, 0.15) is 0 Å². The Hall–Kier alpha value is -1.10. The highest BCUT2D eigenvalue weighted by Gasteiger charge is 2.08. The molecule has 1 amide bonds. The molecule has 0 saturated heterocycles. The topological polar surface area (TPSA) is 42.0 Å². The van der Waals surface area contributed by atoms with Crippen molar-refractivity contribution in [3.05, 3.63) is 49.9 Å². The molecule has 0 aliphatic rings. The summed E-state index contributed by atoms with van der Waals surface area (Å²) in [4.78, 5) is 17.0. The van der Waals surface area contributed by atoms with Crippen LogP contribution in [0.1, 0.15) is 21.9 Å². The van der Waals surface area contributed by atoms with Gasteiger partial charge >= 0.3 is 0 Å². The lowest BCUT2D eigenvalue weighted by atomic mass is 10.1. The van der Waals surface area contributed by atoms with E-state index in [0.717, 1.165) is 15.4 Å². The second-order valence-electron chi connectivity index (χ2n) is 4.34. The van der Waals surface area contributed by atoms with Gasteiger partial charge in [-0.15, -0.1) is 11.3 Å². The Labute approximate surface area is 131 Å². The number of amides is 1. The molecule has 20 heavy (non-hydrogen) atoms. The van der Waals surface area contributed by atoms with Crippen molar-refractivity contribution >= 4 is 40.4 Å². The Bertz CT molecular complexity index is 613. The fraction of sp³-hybridized carbons (Fsp3) is 0.286. The third-order valence-electron chi connectivity index (χ3n) is 2.78. The summed E-state index contributed by atoms with van der Waals surface area (Å²) >= 11 is 13.6. The zero-order valence-corrected chi connectivity index (χ0v) is 13.3. The van der Waals surface area contributed by atoms with Crippen LogP contribution in [-0.2, 0) is 17.8 Å². The van der Waals surface area contributed by atoms with Crippen LogP contribution >= 0.6 is 34.5 Å².